The Balaban J connectivity index is 2.21. The molecule has 0 bridgehead atoms. The van der Waals surface area contributed by atoms with Crippen molar-refractivity contribution in [2.45, 2.75) is 39.2 Å². The molecule has 20 heavy (non-hydrogen) atoms. The van der Waals surface area contributed by atoms with Crippen molar-refractivity contribution in [1.29, 1.82) is 0 Å². The fourth-order valence-electron chi connectivity index (χ4n) is 2.03. The molecule has 2 aromatic rings. The highest BCUT2D eigenvalue weighted by Gasteiger charge is 2.23. The van der Waals surface area contributed by atoms with Gasteiger partial charge in [-0.3, -0.25) is 0 Å². The van der Waals surface area contributed by atoms with Crippen LogP contribution in [0, 0.1) is 11.6 Å². The van der Waals surface area contributed by atoms with E-state index in [1.165, 1.54) is 12.1 Å². The molecule has 0 aliphatic rings. The van der Waals surface area contributed by atoms with E-state index in [2.05, 4.69) is 10.2 Å². The maximum absolute atomic E-state index is 13.1. The van der Waals surface area contributed by atoms with E-state index in [1.54, 1.807) is 4.57 Å². The lowest BCUT2D eigenvalue weighted by atomic mass is 9.95. The summed E-state index contributed by atoms with van der Waals surface area (Å²) in [6.07, 6.45) is 0.454. The number of rotatable bonds is 3. The smallest absolute Gasteiger partial charge is 0.225 e. The zero-order valence-corrected chi connectivity index (χ0v) is 12.4. The fourth-order valence-corrected chi connectivity index (χ4v) is 2.24. The molecule has 0 saturated heterocycles. The van der Waals surface area contributed by atoms with Crippen LogP contribution in [0.5, 0.6) is 0 Å². The van der Waals surface area contributed by atoms with Crippen LogP contribution >= 0.6 is 11.6 Å². The molecule has 1 aromatic carbocycles. The SMILES string of the molecule is CC(C)(C)c1nnc(Cl)n1CCc1cc(F)cc(F)c1. The Labute approximate surface area is 121 Å². The lowest BCUT2D eigenvalue weighted by Gasteiger charge is -2.19. The van der Waals surface area contributed by atoms with Crippen LogP contribution < -0.4 is 0 Å². The molecule has 0 radical (unpaired) electrons. The van der Waals surface area contributed by atoms with Crippen LogP contribution in [-0.4, -0.2) is 14.8 Å². The summed E-state index contributed by atoms with van der Waals surface area (Å²) in [5, 5.41) is 8.21. The van der Waals surface area contributed by atoms with Crippen molar-refractivity contribution < 1.29 is 8.78 Å². The van der Waals surface area contributed by atoms with Gasteiger partial charge in [0.05, 0.1) is 0 Å². The van der Waals surface area contributed by atoms with Crippen molar-refractivity contribution in [2.75, 3.05) is 0 Å². The first kappa shape index (κ1) is 14.9. The molecule has 0 N–H and O–H groups in total. The summed E-state index contributed by atoms with van der Waals surface area (Å²) in [6.45, 7) is 6.49. The van der Waals surface area contributed by atoms with E-state index < -0.39 is 11.6 Å². The van der Waals surface area contributed by atoms with Crippen LogP contribution in [0.15, 0.2) is 18.2 Å². The monoisotopic (exact) mass is 299 g/mol. The first-order valence-corrected chi connectivity index (χ1v) is 6.69. The number of aryl methyl sites for hydroxylation is 1. The second kappa shape index (κ2) is 5.48. The minimum absolute atomic E-state index is 0.201. The molecule has 0 atom stereocenters. The van der Waals surface area contributed by atoms with Crippen molar-refractivity contribution in [3.8, 4) is 0 Å². The molecule has 2 rings (SSSR count). The summed E-state index contributed by atoms with van der Waals surface area (Å²) in [7, 11) is 0. The predicted molar refractivity (Wildman–Crippen MR) is 73.8 cm³/mol. The zero-order valence-electron chi connectivity index (χ0n) is 11.6. The van der Waals surface area contributed by atoms with Gasteiger partial charge in [-0.1, -0.05) is 20.8 Å². The lowest BCUT2D eigenvalue weighted by molar-refractivity contribution is 0.496. The molecule has 6 heteroatoms. The standard InChI is InChI=1S/C14H16ClF2N3/c1-14(2,3)12-18-19-13(15)20(12)5-4-9-6-10(16)8-11(17)7-9/h6-8H,4-5H2,1-3H3. The highest BCUT2D eigenvalue weighted by molar-refractivity contribution is 6.28. The number of hydrogen-bond donors (Lipinski definition) is 0. The van der Waals surface area contributed by atoms with Gasteiger partial charge in [-0.25, -0.2) is 8.78 Å². The third-order valence-corrected chi connectivity index (χ3v) is 3.20. The van der Waals surface area contributed by atoms with Gasteiger partial charge in [0, 0.05) is 18.0 Å². The van der Waals surface area contributed by atoms with Gasteiger partial charge >= 0.3 is 0 Å². The van der Waals surface area contributed by atoms with Crippen LogP contribution in [0.3, 0.4) is 0 Å². The third kappa shape index (κ3) is 3.33. The van der Waals surface area contributed by atoms with Gasteiger partial charge in [-0.05, 0) is 35.7 Å². The summed E-state index contributed by atoms with van der Waals surface area (Å²) in [6, 6.07) is 3.49. The Morgan fingerprint density at radius 1 is 1.10 bits per heavy atom. The Morgan fingerprint density at radius 3 is 2.25 bits per heavy atom. The molecular weight excluding hydrogens is 284 g/mol. The van der Waals surface area contributed by atoms with E-state index in [1.807, 2.05) is 20.8 Å². The second-order valence-electron chi connectivity index (χ2n) is 5.72. The Hall–Kier alpha value is -1.49. The average Bonchev–Trinajstić information content (AvgIpc) is 2.66. The van der Waals surface area contributed by atoms with Gasteiger partial charge in [-0.2, -0.15) is 0 Å². The Bertz CT molecular complexity index is 597. The zero-order chi connectivity index (χ0) is 14.9. The molecule has 0 aliphatic heterocycles. The molecule has 3 nitrogen and oxygen atoms in total. The molecule has 0 amide bonds. The maximum Gasteiger partial charge on any atom is 0.225 e. The van der Waals surface area contributed by atoms with Crippen molar-refractivity contribution in [3.05, 3.63) is 46.5 Å². The molecule has 0 unspecified atom stereocenters. The molecule has 0 aliphatic carbocycles. The van der Waals surface area contributed by atoms with Crippen LogP contribution in [-0.2, 0) is 18.4 Å². The summed E-state index contributed by atoms with van der Waals surface area (Å²) in [5.74, 6) is -0.406. The quantitative estimate of drug-likeness (QED) is 0.864. The highest BCUT2D eigenvalue weighted by atomic mass is 35.5. The molecule has 0 saturated carbocycles. The van der Waals surface area contributed by atoms with E-state index in [9.17, 15) is 8.78 Å². The van der Waals surface area contributed by atoms with Gasteiger partial charge in [0.25, 0.3) is 0 Å². The van der Waals surface area contributed by atoms with Crippen LogP contribution in [0.1, 0.15) is 32.2 Å². The van der Waals surface area contributed by atoms with Crippen molar-refractivity contribution in [3.63, 3.8) is 0 Å². The van der Waals surface area contributed by atoms with Crippen LogP contribution in [0.4, 0.5) is 8.78 Å². The summed E-state index contributed by atoms with van der Waals surface area (Å²) < 4.78 is 28.1. The number of benzene rings is 1. The predicted octanol–water partition coefficient (Wildman–Crippen LogP) is 3.75. The number of hydrogen-bond acceptors (Lipinski definition) is 2. The van der Waals surface area contributed by atoms with Crippen LogP contribution in [0.25, 0.3) is 0 Å². The molecule has 108 valence electrons. The highest BCUT2D eigenvalue weighted by Crippen LogP contribution is 2.23. The lowest BCUT2D eigenvalue weighted by Crippen LogP contribution is -2.20. The summed E-state index contributed by atoms with van der Waals surface area (Å²) >= 11 is 6.02. The maximum atomic E-state index is 13.1. The topological polar surface area (TPSA) is 30.7 Å². The Kier molecular flexibility index (Phi) is 4.09. The second-order valence-corrected chi connectivity index (χ2v) is 6.06. The van der Waals surface area contributed by atoms with Crippen molar-refractivity contribution >= 4 is 11.6 Å². The van der Waals surface area contributed by atoms with Crippen molar-refractivity contribution in [1.82, 2.24) is 14.8 Å². The average molecular weight is 300 g/mol. The Morgan fingerprint density at radius 2 is 1.70 bits per heavy atom. The van der Waals surface area contributed by atoms with Crippen molar-refractivity contribution in [2.24, 2.45) is 0 Å². The van der Waals surface area contributed by atoms with Crippen LogP contribution in [0.2, 0.25) is 5.28 Å². The van der Waals surface area contributed by atoms with Gasteiger partial charge in [0.2, 0.25) is 5.28 Å². The fraction of sp³-hybridized carbons (Fsp3) is 0.429. The molecule has 0 fully saturated rings. The minimum atomic E-state index is -0.578. The molecular formula is C14H16ClF2N3. The van der Waals surface area contributed by atoms with Gasteiger partial charge in [0.15, 0.2) is 0 Å². The first-order valence-electron chi connectivity index (χ1n) is 6.31. The minimum Gasteiger partial charge on any atom is -0.301 e. The van der Waals surface area contributed by atoms with E-state index in [4.69, 9.17) is 11.6 Å². The number of halogens is 3. The number of aromatic nitrogens is 3. The van der Waals surface area contributed by atoms with Gasteiger partial charge in [0.1, 0.15) is 17.5 Å². The van der Waals surface area contributed by atoms with E-state index >= 15 is 0 Å². The van der Waals surface area contributed by atoms with Gasteiger partial charge in [-0.15, -0.1) is 10.2 Å². The number of nitrogens with zero attached hydrogens (tertiary/aromatic N) is 3. The summed E-state index contributed by atoms with van der Waals surface area (Å²) in [4.78, 5) is 0. The summed E-state index contributed by atoms with van der Waals surface area (Å²) in [5.41, 5.74) is 0.375. The van der Waals surface area contributed by atoms with E-state index in [-0.39, 0.29) is 10.7 Å². The molecule has 0 spiro atoms. The van der Waals surface area contributed by atoms with Gasteiger partial charge < -0.3 is 4.57 Å². The van der Waals surface area contributed by atoms with E-state index in [0.717, 1.165) is 11.9 Å². The largest absolute Gasteiger partial charge is 0.301 e. The third-order valence-electron chi connectivity index (χ3n) is 2.92. The molecule has 1 heterocycles. The van der Waals surface area contributed by atoms with E-state index in [0.29, 0.717) is 18.5 Å². The normalized spacial score (nSPS) is 11.9. The first-order chi connectivity index (χ1) is 9.27. The molecule has 1 aromatic heterocycles.